The molecule has 0 amide bonds. The van der Waals surface area contributed by atoms with Gasteiger partial charge in [-0.2, -0.15) is 0 Å². The van der Waals surface area contributed by atoms with Crippen molar-refractivity contribution in [3.05, 3.63) is 21.4 Å². The lowest BCUT2D eigenvalue weighted by Gasteiger charge is -2.21. The number of nitrogens with one attached hydrogen (secondary N) is 1. The monoisotopic (exact) mass is 265 g/mol. The minimum Gasteiger partial charge on any atom is -0.310 e. The molecule has 1 aromatic rings. The smallest absolute Gasteiger partial charge is 0.0417 e. The lowest BCUT2D eigenvalue weighted by Crippen LogP contribution is -2.22. The molecule has 2 heteroatoms. The first-order valence-electron chi connectivity index (χ1n) is 7.63. The fourth-order valence-corrected chi connectivity index (χ4v) is 4.37. The summed E-state index contributed by atoms with van der Waals surface area (Å²) in [5.74, 6) is 0.867. The molecule has 0 saturated heterocycles. The molecule has 0 aliphatic heterocycles. The highest BCUT2D eigenvalue weighted by Gasteiger charge is 2.21. The summed E-state index contributed by atoms with van der Waals surface area (Å²) in [5, 5.41) is 3.70. The van der Waals surface area contributed by atoms with Crippen molar-refractivity contribution in [2.75, 3.05) is 6.54 Å². The molecule has 1 nitrogen and oxygen atoms in total. The highest BCUT2D eigenvalue weighted by molar-refractivity contribution is 7.12. The number of hydrogen-bond acceptors (Lipinski definition) is 2. The second-order valence-electron chi connectivity index (χ2n) is 5.48. The summed E-state index contributed by atoms with van der Waals surface area (Å²) in [6.45, 7) is 7.95. The molecule has 1 atom stereocenters. The van der Waals surface area contributed by atoms with E-state index in [1.54, 1.807) is 15.3 Å². The maximum Gasteiger partial charge on any atom is 0.0417 e. The quantitative estimate of drug-likeness (QED) is 0.752. The van der Waals surface area contributed by atoms with Gasteiger partial charge >= 0.3 is 0 Å². The van der Waals surface area contributed by atoms with E-state index in [9.17, 15) is 0 Å². The van der Waals surface area contributed by atoms with Gasteiger partial charge in [0.2, 0.25) is 0 Å². The molecule has 0 fully saturated rings. The van der Waals surface area contributed by atoms with Crippen molar-refractivity contribution in [1.82, 2.24) is 5.32 Å². The van der Waals surface area contributed by atoms with Gasteiger partial charge in [0.05, 0.1) is 0 Å². The maximum absolute atomic E-state index is 3.70. The van der Waals surface area contributed by atoms with Crippen LogP contribution in [0.5, 0.6) is 0 Å². The van der Waals surface area contributed by atoms with Crippen LogP contribution in [0.25, 0.3) is 0 Å². The van der Waals surface area contributed by atoms with Crippen LogP contribution in [0.15, 0.2) is 6.07 Å². The van der Waals surface area contributed by atoms with Crippen molar-refractivity contribution in [2.24, 2.45) is 5.92 Å². The van der Waals surface area contributed by atoms with Crippen LogP contribution in [0, 0.1) is 5.92 Å². The number of aryl methyl sites for hydroxylation is 2. The first kappa shape index (κ1) is 14.1. The Bertz CT molecular complexity index is 344. The Morgan fingerprint density at radius 1 is 1.22 bits per heavy atom. The van der Waals surface area contributed by atoms with Crippen molar-refractivity contribution in [3.63, 3.8) is 0 Å². The fraction of sp³-hybridized carbons (Fsp3) is 0.750. The van der Waals surface area contributed by atoms with Crippen molar-refractivity contribution in [3.8, 4) is 0 Å². The minimum atomic E-state index is 0.593. The third-order valence-corrected chi connectivity index (χ3v) is 5.63. The molecule has 0 saturated carbocycles. The Balaban J connectivity index is 2.08. The van der Waals surface area contributed by atoms with Gasteiger partial charge in [0.15, 0.2) is 0 Å². The third-order valence-electron chi connectivity index (χ3n) is 4.28. The zero-order chi connectivity index (χ0) is 13.0. The van der Waals surface area contributed by atoms with E-state index in [2.05, 4.69) is 43.5 Å². The van der Waals surface area contributed by atoms with E-state index < -0.39 is 0 Å². The maximum atomic E-state index is 3.70. The number of fused-ring (bicyclic) bond motifs is 1. The van der Waals surface area contributed by atoms with Crippen LogP contribution >= 0.6 is 11.3 Å². The first-order chi connectivity index (χ1) is 8.78. The van der Waals surface area contributed by atoms with Crippen LogP contribution in [0.4, 0.5) is 0 Å². The predicted octanol–water partition coefficient (Wildman–Crippen LogP) is 4.71. The molecule has 2 rings (SSSR count). The highest BCUT2D eigenvalue weighted by atomic mass is 32.1. The van der Waals surface area contributed by atoms with Crippen LogP contribution in [-0.4, -0.2) is 6.54 Å². The van der Waals surface area contributed by atoms with E-state index >= 15 is 0 Å². The van der Waals surface area contributed by atoms with Crippen LogP contribution in [-0.2, 0) is 12.8 Å². The van der Waals surface area contributed by atoms with Gasteiger partial charge < -0.3 is 5.32 Å². The normalized spacial score (nSPS) is 16.2. The molecule has 0 aromatic carbocycles. The molecule has 0 bridgehead atoms. The van der Waals surface area contributed by atoms with Gasteiger partial charge in [0, 0.05) is 15.8 Å². The van der Waals surface area contributed by atoms with Crippen molar-refractivity contribution >= 4 is 11.3 Å². The van der Waals surface area contributed by atoms with Crippen molar-refractivity contribution in [2.45, 2.75) is 65.3 Å². The Labute approximate surface area is 116 Å². The van der Waals surface area contributed by atoms with Crippen molar-refractivity contribution in [1.29, 1.82) is 0 Å². The van der Waals surface area contributed by atoms with Gasteiger partial charge in [0.25, 0.3) is 0 Å². The topological polar surface area (TPSA) is 12.0 Å². The van der Waals surface area contributed by atoms with Gasteiger partial charge in [-0.05, 0) is 49.8 Å². The lowest BCUT2D eigenvalue weighted by molar-refractivity contribution is 0.379. The fourth-order valence-electron chi connectivity index (χ4n) is 3.03. The van der Waals surface area contributed by atoms with Crippen LogP contribution in [0.1, 0.15) is 67.8 Å². The standard InChI is InChI=1S/C16H27NS/c1-4-12(5-2)10-14(17-6-3)16-11-13-8-7-9-15(13)18-16/h11-12,14,17H,4-10H2,1-3H3. The van der Waals surface area contributed by atoms with Gasteiger partial charge in [-0.15, -0.1) is 11.3 Å². The second-order valence-corrected chi connectivity index (χ2v) is 6.65. The van der Waals surface area contributed by atoms with E-state index in [1.165, 1.54) is 38.5 Å². The minimum absolute atomic E-state index is 0.593. The zero-order valence-electron chi connectivity index (χ0n) is 12.1. The molecule has 1 heterocycles. The second kappa shape index (κ2) is 6.72. The van der Waals surface area contributed by atoms with E-state index in [0.29, 0.717) is 6.04 Å². The summed E-state index contributed by atoms with van der Waals surface area (Å²) >= 11 is 2.07. The molecule has 1 aliphatic carbocycles. The Kier molecular flexibility index (Phi) is 5.25. The summed E-state index contributed by atoms with van der Waals surface area (Å²) in [6.07, 6.45) is 7.94. The molecule has 0 radical (unpaired) electrons. The largest absolute Gasteiger partial charge is 0.310 e. The van der Waals surface area contributed by atoms with Gasteiger partial charge in [-0.25, -0.2) is 0 Å². The van der Waals surface area contributed by atoms with E-state index in [-0.39, 0.29) is 0 Å². The molecule has 1 aromatic heterocycles. The average molecular weight is 265 g/mol. The SMILES string of the molecule is CCNC(CC(CC)CC)c1cc2c(s1)CCC2. The van der Waals surface area contributed by atoms with Gasteiger partial charge in [-0.1, -0.05) is 33.6 Å². The van der Waals surface area contributed by atoms with Crippen LogP contribution in [0.3, 0.4) is 0 Å². The Morgan fingerprint density at radius 2 is 2.00 bits per heavy atom. The van der Waals surface area contributed by atoms with Gasteiger partial charge in [-0.3, -0.25) is 0 Å². The Morgan fingerprint density at radius 3 is 2.61 bits per heavy atom. The summed E-state index contributed by atoms with van der Waals surface area (Å²) in [6, 6.07) is 3.08. The van der Waals surface area contributed by atoms with Crippen LogP contribution in [0.2, 0.25) is 0 Å². The summed E-state index contributed by atoms with van der Waals surface area (Å²) in [4.78, 5) is 3.26. The first-order valence-corrected chi connectivity index (χ1v) is 8.44. The van der Waals surface area contributed by atoms with E-state index in [0.717, 1.165) is 12.5 Å². The van der Waals surface area contributed by atoms with Gasteiger partial charge in [0.1, 0.15) is 0 Å². The highest BCUT2D eigenvalue weighted by Crippen LogP contribution is 2.36. The third kappa shape index (κ3) is 3.16. The van der Waals surface area contributed by atoms with E-state index in [1.807, 2.05) is 0 Å². The number of hydrogen-bond donors (Lipinski definition) is 1. The summed E-state index contributed by atoms with van der Waals surface area (Å²) < 4.78 is 0. The molecule has 1 N–H and O–H groups in total. The Hall–Kier alpha value is -0.340. The average Bonchev–Trinajstić information content (AvgIpc) is 2.95. The molecule has 1 unspecified atom stereocenters. The van der Waals surface area contributed by atoms with Crippen molar-refractivity contribution < 1.29 is 0 Å². The molecule has 102 valence electrons. The van der Waals surface area contributed by atoms with E-state index in [4.69, 9.17) is 0 Å². The molecular weight excluding hydrogens is 238 g/mol. The zero-order valence-corrected chi connectivity index (χ0v) is 12.9. The van der Waals surface area contributed by atoms with Crippen LogP contribution < -0.4 is 5.32 Å². The molecule has 1 aliphatic rings. The molecule has 0 spiro atoms. The predicted molar refractivity (Wildman–Crippen MR) is 81.5 cm³/mol. The summed E-state index contributed by atoms with van der Waals surface area (Å²) in [7, 11) is 0. The number of rotatable bonds is 7. The number of thiophene rings is 1. The summed E-state index contributed by atoms with van der Waals surface area (Å²) in [5.41, 5.74) is 1.64. The molecular formula is C16H27NS. The molecule has 18 heavy (non-hydrogen) atoms. The lowest BCUT2D eigenvalue weighted by atomic mass is 9.94.